The highest BCUT2D eigenvalue weighted by Gasteiger charge is 2.43. The van der Waals surface area contributed by atoms with Crippen LogP contribution in [0.2, 0.25) is 5.02 Å². The molecular formula is C18H22ClN3O4S. The van der Waals surface area contributed by atoms with Crippen LogP contribution >= 0.6 is 11.6 Å². The Hall–Kier alpha value is -1.45. The largest absolute Gasteiger partial charge is 0.381 e. The molecule has 1 unspecified atom stereocenters. The summed E-state index contributed by atoms with van der Waals surface area (Å²) in [6, 6.07) is 4.60. The number of nitrogens with two attached hydrogens (primary N) is 1. The van der Waals surface area contributed by atoms with Crippen molar-refractivity contribution in [3.8, 4) is 0 Å². The minimum Gasteiger partial charge on any atom is -0.381 e. The zero-order valence-corrected chi connectivity index (χ0v) is 16.3. The monoisotopic (exact) mass is 411 g/mol. The number of hydrogen-bond donors (Lipinski definition) is 2. The third kappa shape index (κ3) is 3.19. The van der Waals surface area contributed by atoms with Gasteiger partial charge in [0.25, 0.3) is 5.56 Å². The van der Waals surface area contributed by atoms with Crippen LogP contribution in [-0.4, -0.2) is 43.6 Å². The molecule has 2 fully saturated rings. The first kappa shape index (κ1) is 18.9. The molecule has 1 aromatic carbocycles. The average Bonchev–Trinajstić information content (AvgIpc) is 3.07. The molecule has 9 heteroatoms. The zero-order valence-electron chi connectivity index (χ0n) is 14.7. The van der Waals surface area contributed by atoms with Gasteiger partial charge in [0.15, 0.2) is 0 Å². The maximum atomic E-state index is 13.4. The molecule has 2 saturated heterocycles. The smallest absolute Gasteiger partial charge is 0.255 e. The second kappa shape index (κ2) is 7.18. The molecule has 3 heterocycles. The number of nitrogens with one attached hydrogen (secondary N) is 1. The van der Waals surface area contributed by atoms with Crippen molar-refractivity contribution >= 4 is 32.4 Å². The van der Waals surface area contributed by atoms with Gasteiger partial charge in [0.2, 0.25) is 10.0 Å². The van der Waals surface area contributed by atoms with Crippen LogP contribution in [0.15, 0.2) is 34.1 Å². The van der Waals surface area contributed by atoms with E-state index in [-0.39, 0.29) is 32.2 Å². The number of hydrogen-bond acceptors (Lipinski definition) is 5. The zero-order chi connectivity index (χ0) is 19.2. The number of benzene rings is 1. The summed E-state index contributed by atoms with van der Waals surface area (Å²) in [6.07, 6.45) is 3.27. The summed E-state index contributed by atoms with van der Waals surface area (Å²) in [5, 5.41) is 0.680. The van der Waals surface area contributed by atoms with Gasteiger partial charge in [-0.25, -0.2) is 8.42 Å². The normalized spacial score (nSPS) is 25.3. The van der Waals surface area contributed by atoms with Gasteiger partial charge in [-0.2, -0.15) is 4.31 Å². The number of rotatable bonds is 3. The van der Waals surface area contributed by atoms with Gasteiger partial charge < -0.3 is 15.5 Å². The average molecular weight is 412 g/mol. The van der Waals surface area contributed by atoms with Crippen LogP contribution in [0.1, 0.15) is 19.3 Å². The molecule has 0 bridgehead atoms. The summed E-state index contributed by atoms with van der Waals surface area (Å²) in [6.45, 7) is 1.76. The van der Waals surface area contributed by atoms with Crippen molar-refractivity contribution in [3.63, 3.8) is 0 Å². The number of sulfonamides is 1. The molecule has 0 aliphatic carbocycles. The van der Waals surface area contributed by atoms with Gasteiger partial charge in [-0.3, -0.25) is 4.79 Å². The molecule has 2 aliphatic rings. The lowest BCUT2D eigenvalue weighted by Gasteiger charge is -2.31. The van der Waals surface area contributed by atoms with Gasteiger partial charge in [-0.05, 0) is 43.2 Å². The Morgan fingerprint density at radius 2 is 1.96 bits per heavy atom. The van der Waals surface area contributed by atoms with E-state index in [2.05, 4.69) is 4.98 Å². The minimum absolute atomic E-state index is 0.0270. The molecule has 2 atom stereocenters. The van der Waals surface area contributed by atoms with Crippen molar-refractivity contribution in [1.29, 1.82) is 0 Å². The van der Waals surface area contributed by atoms with E-state index in [1.165, 1.54) is 16.6 Å². The quantitative estimate of drug-likeness (QED) is 0.802. The molecule has 2 aliphatic heterocycles. The lowest BCUT2D eigenvalue weighted by molar-refractivity contribution is 0.0424. The molecule has 146 valence electrons. The van der Waals surface area contributed by atoms with Gasteiger partial charge >= 0.3 is 0 Å². The standard InChI is InChI=1S/C18H22ClN3O4S/c19-14-10-21-18(23)13-2-1-3-15(16(13)14)27(24,25)22-7-4-12(17(22)20)11-5-8-26-9-6-11/h1-3,10-12,17H,4-9,20H2,(H,21,23)/t12?,17-/m1/s1. The van der Waals surface area contributed by atoms with Crippen LogP contribution in [0.5, 0.6) is 0 Å². The molecule has 0 radical (unpaired) electrons. The van der Waals surface area contributed by atoms with E-state index < -0.39 is 16.2 Å². The molecule has 1 aromatic heterocycles. The third-order valence-electron chi connectivity index (χ3n) is 5.75. The van der Waals surface area contributed by atoms with Gasteiger partial charge in [0.05, 0.1) is 16.1 Å². The number of aromatic nitrogens is 1. The van der Waals surface area contributed by atoms with Crippen LogP contribution in [0.3, 0.4) is 0 Å². The highest BCUT2D eigenvalue weighted by Crippen LogP contribution is 2.38. The second-order valence-electron chi connectivity index (χ2n) is 7.15. The lowest BCUT2D eigenvalue weighted by Crippen LogP contribution is -2.46. The highest BCUT2D eigenvalue weighted by atomic mass is 35.5. The lowest BCUT2D eigenvalue weighted by atomic mass is 9.84. The number of nitrogens with zero attached hydrogens (tertiary/aromatic N) is 1. The van der Waals surface area contributed by atoms with Crippen molar-refractivity contribution in [2.24, 2.45) is 17.6 Å². The number of halogens is 1. The van der Waals surface area contributed by atoms with E-state index in [4.69, 9.17) is 22.1 Å². The summed E-state index contributed by atoms with van der Waals surface area (Å²) in [4.78, 5) is 14.6. The fraction of sp³-hybridized carbons (Fsp3) is 0.500. The van der Waals surface area contributed by atoms with Crippen LogP contribution in [0.4, 0.5) is 0 Å². The Balaban J connectivity index is 1.73. The van der Waals surface area contributed by atoms with E-state index in [1.54, 1.807) is 12.1 Å². The number of fused-ring (bicyclic) bond motifs is 1. The molecule has 4 rings (SSSR count). The SMILES string of the molecule is N[C@H]1C(C2CCOCC2)CCN1S(=O)(=O)c1cccc2c(=O)[nH]cc(Cl)c12. The minimum atomic E-state index is -3.89. The van der Waals surface area contributed by atoms with Crippen LogP contribution < -0.4 is 11.3 Å². The maximum Gasteiger partial charge on any atom is 0.255 e. The van der Waals surface area contributed by atoms with E-state index in [1.807, 2.05) is 0 Å². The number of ether oxygens (including phenoxy) is 1. The van der Waals surface area contributed by atoms with E-state index in [0.717, 1.165) is 19.3 Å². The summed E-state index contributed by atoms with van der Waals surface area (Å²) >= 11 is 6.24. The summed E-state index contributed by atoms with van der Waals surface area (Å²) in [5.41, 5.74) is 6.02. The van der Waals surface area contributed by atoms with Crippen LogP contribution in [-0.2, 0) is 14.8 Å². The number of H-pyrrole nitrogens is 1. The third-order valence-corrected chi connectivity index (χ3v) is 7.99. The molecular weight excluding hydrogens is 390 g/mol. The van der Waals surface area contributed by atoms with E-state index in [9.17, 15) is 13.2 Å². The van der Waals surface area contributed by atoms with Gasteiger partial charge in [-0.1, -0.05) is 17.7 Å². The highest BCUT2D eigenvalue weighted by molar-refractivity contribution is 7.89. The van der Waals surface area contributed by atoms with E-state index >= 15 is 0 Å². The Morgan fingerprint density at radius 1 is 1.22 bits per heavy atom. The van der Waals surface area contributed by atoms with Crippen molar-refractivity contribution in [2.75, 3.05) is 19.8 Å². The first-order valence-electron chi connectivity index (χ1n) is 9.06. The van der Waals surface area contributed by atoms with E-state index in [0.29, 0.717) is 25.7 Å². The molecule has 7 nitrogen and oxygen atoms in total. The summed E-state index contributed by atoms with van der Waals surface area (Å²) < 4.78 is 33.6. The summed E-state index contributed by atoms with van der Waals surface area (Å²) in [7, 11) is -3.89. The first-order chi connectivity index (χ1) is 12.9. The first-order valence-corrected chi connectivity index (χ1v) is 10.9. The fourth-order valence-electron chi connectivity index (χ4n) is 4.34. The number of aromatic amines is 1. The molecule has 27 heavy (non-hydrogen) atoms. The fourth-order valence-corrected chi connectivity index (χ4v) is 6.45. The van der Waals surface area contributed by atoms with Crippen molar-refractivity contribution in [2.45, 2.75) is 30.3 Å². The molecule has 0 saturated carbocycles. The Morgan fingerprint density at radius 3 is 2.70 bits per heavy atom. The molecule has 0 spiro atoms. The van der Waals surface area contributed by atoms with Crippen molar-refractivity contribution in [3.05, 3.63) is 39.8 Å². The van der Waals surface area contributed by atoms with Crippen LogP contribution in [0, 0.1) is 11.8 Å². The van der Waals surface area contributed by atoms with Gasteiger partial charge in [0, 0.05) is 36.7 Å². The molecule has 2 aromatic rings. The second-order valence-corrected chi connectivity index (χ2v) is 9.42. The van der Waals surface area contributed by atoms with Crippen molar-refractivity contribution < 1.29 is 13.2 Å². The predicted octanol–water partition coefficient (Wildman–Crippen LogP) is 1.90. The topological polar surface area (TPSA) is 105 Å². The van der Waals surface area contributed by atoms with Gasteiger partial charge in [0.1, 0.15) is 0 Å². The van der Waals surface area contributed by atoms with Gasteiger partial charge in [-0.15, -0.1) is 0 Å². The molecule has 0 amide bonds. The summed E-state index contributed by atoms with van der Waals surface area (Å²) in [5.74, 6) is 0.477. The Labute approximate surface area is 162 Å². The maximum absolute atomic E-state index is 13.4. The number of pyridine rings is 1. The van der Waals surface area contributed by atoms with Crippen molar-refractivity contribution in [1.82, 2.24) is 9.29 Å². The Kier molecular flexibility index (Phi) is 5.02. The molecule has 3 N–H and O–H groups in total. The van der Waals surface area contributed by atoms with Crippen LogP contribution in [0.25, 0.3) is 10.8 Å². The predicted molar refractivity (Wildman–Crippen MR) is 103 cm³/mol. The Bertz CT molecular complexity index is 1020.